The molecule has 0 radical (unpaired) electrons. The van der Waals surface area contributed by atoms with Gasteiger partial charge in [-0.25, -0.2) is 0 Å². The highest BCUT2D eigenvalue weighted by molar-refractivity contribution is 5.55. The summed E-state index contributed by atoms with van der Waals surface area (Å²) in [4.78, 5) is 4.79. The lowest BCUT2D eigenvalue weighted by atomic mass is 10.0. The van der Waals surface area contributed by atoms with Gasteiger partial charge in [0.2, 0.25) is 0 Å². The monoisotopic (exact) mass is 247 g/mol. The molecule has 1 aliphatic rings. The summed E-state index contributed by atoms with van der Waals surface area (Å²) in [6.45, 7) is 3.39. The number of para-hydroxylation sites is 1. The van der Waals surface area contributed by atoms with Crippen LogP contribution in [0, 0.1) is 0 Å². The van der Waals surface area contributed by atoms with Crippen molar-refractivity contribution in [3.8, 4) is 0 Å². The summed E-state index contributed by atoms with van der Waals surface area (Å²) in [6.07, 6.45) is 2.49. The lowest BCUT2D eigenvalue weighted by Crippen LogP contribution is -2.32. The van der Waals surface area contributed by atoms with Crippen molar-refractivity contribution in [3.63, 3.8) is 0 Å². The van der Waals surface area contributed by atoms with Gasteiger partial charge in [-0.2, -0.15) is 0 Å². The first-order valence-electron chi connectivity index (χ1n) is 6.88. The van der Waals surface area contributed by atoms with Gasteiger partial charge in [0.25, 0.3) is 0 Å². The Morgan fingerprint density at radius 1 is 1.33 bits per heavy atom. The lowest BCUT2D eigenvalue weighted by Gasteiger charge is -2.27. The van der Waals surface area contributed by atoms with E-state index in [4.69, 9.17) is 0 Å². The van der Waals surface area contributed by atoms with Gasteiger partial charge in [0.1, 0.15) is 0 Å². The van der Waals surface area contributed by atoms with Crippen LogP contribution in [0.1, 0.15) is 24.4 Å². The second-order valence-corrected chi connectivity index (χ2v) is 5.33. The van der Waals surface area contributed by atoms with Crippen molar-refractivity contribution in [1.82, 2.24) is 10.2 Å². The maximum atomic E-state index is 3.45. The Morgan fingerprint density at radius 2 is 2.11 bits per heavy atom. The largest absolute Gasteiger partial charge is 0.370 e. The number of fused-ring (bicyclic) bond motifs is 1. The molecule has 0 amide bonds. The molecule has 1 N–H and O–H groups in total. The minimum absolute atomic E-state index is 0.505. The first-order valence-corrected chi connectivity index (χ1v) is 6.88. The van der Waals surface area contributed by atoms with Crippen LogP contribution in [0.5, 0.6) is 0 Å². The quantitative estimate of drug-likeness (QED) is 0.879. The van der Waals surface area contributed by atoms with Crippen LogP contribution in [-0.2, 0) is 0 Å². The van der Waals surface area contributed by atoms with Crippen LogP contribution in [0.2, 0.25) is 0 Å². The zero-order chi connectivity index (χ0) is 13.0. The normalized spacial score (nSPS) is 19.8. The van der Waals surface area contributed by atoms with Crippen LogP contribution in [0.3, 0.4) is 0 Å². The maximum absolute atomic E-state index is 3.45. The molecule has 1 unspecified atom stereocenters. The van der Waals surface area contributed by atoms with Gasteiger partial charge in [0.05, 0.1) is 0 Å². The van der Waals surface area contributed by atoms with Crippen molar-refractivity contribution in [2.45, 2.75) is 18.9 Å². The summed E-state index contributed by atoms with van der Waals surface area (Å²) < 4.78 is 0. The van der Waals surface area contributed by atoms with Crippen LogP contribution in [0.4, 0.5) is 5.69 Å². The molecule has 1 aromatic rings. The van der Waals surface area contributed by atoms with E-state index in [9.17, 15) is 0 Å². The van der Waals surface area contributed by atoms with Crippen LogP contribution < -0.4 is 10.2 Å². The van der Waals surface area contributed by atoms with Gasteiger partial charge < -0.3 is 15.1 Å². The van der Waals surface area contributed by atoms with E-state index in [0.29, 0.717) is 6.04 Å². The van der Waals surface area contributed by atoms with Gasteiger partial charge in [0, 0.05) is 31.4 Å². The molecule has 1 atom stereocenters. The predicted octanol–water partition coefficient (Wildman–Crippen LogP) is 2.11. The fraction of sp³-hybridized carbons (Fsp3) is 0.600. The lowest BCUT2D eigenvalue weighted by molar-refractivity contribution is 0.412. The Kier molecular flexibility index (Phi) is 4.61. The van der Waals surface area contributed by atoms with Crippen LogP contribution in [-0.4, -0.2) is 45.7 Å². The Hall–Kier alpha value is -1.06. The van der Waals surface area contributed by atoms with Crippen molar-refractivity contribution in [3.05, 3.63) is 29.8 Å². The Morgan fingerprint density at radius 3 is 2.83 bits per heavy atom. The van der Waals surface area contributed by atoms with Crippen molar-refractivity contribution >= 4 is 5.69 Å². The van der Waals surface area contributed by atoms with Gasteiger partial charge in [-0.3, -0.25) is 0 Å². The van der Waals surface area contributed by atoms with Crippen LogP contribution >= 0.6 is 0 Å². The Bertz CT molecular complexity index is 376. The molecule has 2 rings (SSSR count). The van der Waals surface area contributed by atoms with Crippen LogP contribution in [0.15, 0.2) is 24.3 Å². The summed E-state index contributed by atoms with van der Waals surface area (Å²) in [6, 6.07) is 9.34. The standard InChI is InChI=1S/C15H25N3/c1-16-14-8-6-10-18(12-11-17(2)3)15-9-5-4-7-13(14)15/h4-5,7,9,14,16H,6,8,10-12H2,1-3H3. The molecule has 0 aromatic heterocycles. The molecule has 0 saturated carbocycles. The van der Waals surface area contributed by atoms with Crippen LogP contribution in [0.25, 0.3) is 0 Å². The van der Waals surface area contributed by atoms with E-state index < -0.39 is 0 Å². The minimum atomic E-state index is 0.505. The van der Waals surface area contributed by atoms with E-state index in [0.717, 1.165) is 13.1 Å². The number of likely N-dealkylation sites (N-methyl/N-ethyl adjacent to an activating group) is 1. The SMILES string of the molecule is CNC1CCCN(CCN(C)C)c2ccccc21. The molecule has 100 valence electrons. The number of hydrogen-bond donors (Lipinski definition) is 1. The topological polar surface area (TPSA) is 18.5 Å². The molecule has 3 nitrogen and oxygen atoms in total. The highest BCUT2D eigenvalue weighted by atomic mass is 15.2. The third-order valence-corrected chi connectivity index (χ3v) is 3.74. The van der Waals surface area contributed by atoms with Crippen molar-refractivity contribution in [2.24, 2.45) is 0 Å². The van der Waals surface area contributed by atoms with Crippen molar-refractivity contribution in [2.75, 3.05) is 45.7 Å². The van der Waals surface area contributed by atoms with Crippen molar-refractivity contribution < 1.29 is 0 Å². The molecular weight excluding hydrogens is 222 g/mol. The first-order chi connectivity index (χ1) is 8.72. The highest BCUT2D eigenvalue weighted by Crippen LogP contribution is 2.32. The molecule has 0 saturated heterocycles. The van der Waals surface area contributed by atoms with E-state index >= 15 is 0 Å². The maximum Gasteiger partial charge on any atom is 0.0415 e. The van der Waals surface area contributed by atoms with E-state index in [1.165, 1.54) is 30.6 Å². The van der Waals surface area contributed by atoms with Gasteiger partial charge in [-0.15, -0.1) is 0 Å². The fourth-order valence-corrected chi connectivity index (χ4v) is 2.69. The molecule has 0 fully saturated rings. The van der Waals surface area contributed by atoms with E-state index in [2.05, 4.69) is 60.5 Å². The summed E-state index contributed by atoms with van der Waals surface area (Å²) in [7, 11) is 6.34. The molecule has 1 heterocycles. The van der Waals surface area contributed by atoms with E-state index in [-0.39, 0.29) is 0 Å². The third kappa shape index (κ3) is 3.03. The summed E-state index contributed by atoms with van der Waals surface area (Å²) in [5.41, 5.74) is 2.87. The average Bonchev–Trinajstić information content (AvgIpc) is 2.55. The smallest absolute Gasteiger partial charge is 0.0415 e. The molecule has 18 heavy (non-hydrogen) atoms. The third-order valence-electron chi connectivity index (χ3n) is 3.74. The van der Waals surface area contributed by atoms with Gasteiger partial charge in [-0.1, -0.05) is 18.2 Å². The minimum Gasteiger partial charge on any atom is -0.370 e. The number of hydrogen-bond acceptors (Lipinski definition) is 3. The zero-order valence-corrected chi connectivity index (χ0v) is 11.8. The van der Waals surface area contributed by atoms with Crippen molar-refractivity contribution in [1.29, 1.82) is 0 Å². The molecule has 1 aliphatic heterocycles. The fourth-order valence-electron chi connectivity index (χ4n) is 2.69. The number of nitrogens with zero attached hydrogens (tertiary/aromatic N) is 2. The average molecular weight is 247 g/mol. The van der Waals surface area contributed by atoms with Gasteiger partial charge in [-0.05, 0) is 45.6 Å². The number of benzene rings is 1. The number of anilines is 1. The molecule has 0 spiro atoms. The molecule has 3 heteroatoms. The Labute approximate surface area is 111 Å². The predicted molar refractivity (Wildman–Crippen MR) is 78.2 cm³/mol. The molecule has 0 bridgehead atoms. The number of nitrogens with one attached hydrogen (secondary N) is 1. The van der Waals surface area contributed by atoms with Gasteiger partial charge in [0.15, 0.2) is 0 Å². The second-order valence-electron chi connectivity index (χ2n) is 5.33. The summed E-state index contributed by atoms with van der Waals surface area (Å²) in [5, 5.41) is 3.45. The summed E-state index contributed by atoms with van der Waals surface area (Å²) in [5.74, 6) is 0. The first kappa shape index (κ1) is 13.4. The summed E-state index contributed by atoms with van der Waals surface area (Å²) >= 11 is 0. The number of rotatable bonds is 4. The van der Waals surface area contributed by atoms with E-state index in [1.54, 1.807) is 0 Å². The van der Waals surface area contributed by atoms with E-state index in [1.807, 2.05) is 0 Å². The zero-order valence-electron chi connectivity index (χ0n) is 11.8. The highest BCUT2D eigenvalue weighted by Gasteiger charge is 2.21. The second kappa shape index (κ2) is 6.21. The molecular formula is C15H25N3. The Balaban J connectivity index is 2.21. The molecule has 0 aliphatic carbocycles. The van der Waals surface area contributed by atoms with Gasteiger partial charge >= 0.3 is 0 Å². The molecule has 1 aromatic carbocycles.